The Morgan fingerprint density at radius 1 is 1.11 bits per heavy atom. The summed E-state index contributed by atoms with van der Waals surface area (Å²) in [5.74, 6) is 1.03. The maximum Gasteiger partial charge on any atom is 0.274 e. The van der Waals surface area contributed by atoms with E-state index in [1.165, 1.54) is 6.26 Å². The van der Waals surface area contributed by atoms with Crippen molar-refractivity contribution in [1.29, 1.82) is 0 Å². The van der Waals surface area contributed by atoms with Gasteiger partial charge in [-0.2, -0.15) is 0 Å². The van der Waals surface area contributed by atoms with Crippen LogP contribution in [0.4, 0.5) is 0 Å². The second kappa shape index (κ2) is 8.60. The molecular weight excluding hydrogens is 368 g/mol. The zero-order valence-corrected chi connectivity index (χ0v) is 15.7. The van der Waals surface area contributed by atoms with E-state index in [1.807, 2.05) is 30.3 Å². The van der Waals surface area contributed by atoms with Gasteiger partial charge in [0.15, 0.2) is 17.2 Å². The minimum Gasteiger partial charge on any atom is -0.493 e. The highest BCUT2D eigenvalue weighted by Crippen LogP contribution is 2.28. The molecule has 0 aliphatic carbocycles. The van der Waals surface area contributed by atoms with Crippen LogP contribution < -0.4 is 14.8 Å². The molecule has 0 saturated heterocycles. The van der Waals surface area contributed by atoms with E-state index in [9.17, 15) is 4.79 Å². The summed E-state index contributed by atoms with van der Waals surface area (Å²) >= 11 is 5.91. The highest BCUT2D eigenvalue weighted by atomic mass is 35.5. The van der Waals surface area contributed by atoms with Crippen LogP contribution in [0.2, 0.25) is 5.02 Å². The van der Waals surface area contributed by atoms with Crippen LogP contribution in [0.5, 0.6) is 11.5 Å². The Morgan fingerprint density at radius 2 is 1.85 bits per heavy atom. The van der Waals surface area contributed by atoms with Crippen LogP contribution in [0, 0.1) is 0 Å². The van der Waals surface area contributed by atoms with E-state index in [1.54, 1.807) is 26.4 Å². The molecule has 1 amide bonds. The average molecular weight is 387 g/mol. The second-order valence-corrected chi connectivity index (χ2v) is 6.22. The lowest BCUT2D eigenvalue weighted by atomic mass is 10.1. The minimum atomic E-state index is -0.297. The molecule has 0 aliphatic rings. The lowest BCUT2D eigenvalue weighted by Crippen LogP contribution is -2.26. The molecule has 2 aromatic carbocycles. The van der Waals surface area contributed by atoms with Gasteiger partial charge in [0.05, 0.1) is 19.8 Å². The van der Waals surface area contributed by atoms with Gasteiger partial charge in [-0.3, -0.25) is 4.79 Å². The fourth-order valence-electron chi connectivity index (χ4n) is 2.67. The fourth-order valence-corrected chi connectivity index (χ4v) is 2.80. The maximum absolute atomic E-state index is 12.5. The highest BCUT2D eigenvalue weighted by molar-refractivity contribution is 6.30. The van der Waals surface area contributed by atoms with Crippen LogP contribution >= 0.6 is 11.6 Å². The first-order valence-corrected chi connectivity index (χ1v) is 8.69. The maximum atomic E-state index is 12.5. The summed E-state index contributed by atoms with van der Waals surface area (Å²) in [6, 6.07) is 12.8. The van der Waals surface area contributed by atoms with E-state index in [0.717, 1.165) is 11.1 Å². The van der Waals surface area contributed by atoms with Crippen molar-refractivity contribution in [3.05, 3.63) is 65.0 Å². The number of rotatable bonds is 7. The van der Waals surface area contributed by atoms with Crippen molar-refractivity contribution in [1.82, 2.24) is 10.5 Å². The molecule has 140 valence electrons. The van der Waals surface area contributed by atoms with Crippen molar-refractivity contribution >= 4 is 17.5 Å². The molecule has 0 spiro atoms. The summed E-state index contributed by atoms with van der Waals surface area (Å²) in [4.78, 5) is 12.5. The van der Waals surface area contributed by atoms with Crippen molar-refractivity contribution < 1.29 is 18.8 Å². The monoisotopic (exact) mass is 386 g/mol. The van der Waals surface area contributed by atoms with Crippen molar-refractivity contribution in [2.75, 3.05) is 20.8 Å². The molecule has 0 bridgehead atoms. The smallest absolute Gasteiger partial charge is 0.274 e. The van der Waals surface area contributed by atoms with Crippen molar-refractivity contribution in [3.63, 3.8) is 0 Å². The number of nitrogens with one attached hydrogen (secondary N) is 1. The van der Waals surface area contributed by atoms with Gasteiger partial charge in [0.25, 0.3) is 5.91 Å². The summed E-state index contributed by atoms with van der Waals surface area (Å²) in [7, 11) is 3.18. The van der Waals surface area contributed by atoms with Crippen LogP contribution in [0.3, 0.4) is 0 Å². The lowest BCUT2D eigenvalue weighted by Gasteiger charge is -2.10. The lowest BCUT2D eigenvalue weighted by molar-refractivity contribution is 0.0945. The molecule has 7 heteroatoms. The van der Waals surface area contributed by atoms with Crippen LogP contribution in [0.25, 0.3) is 11.1 Å². The molecule has 0 atom stereocenters. The molecule has 0 fully saturated rings. The zero-order chi connectivity index (χ0) is 19.2. The molecule has 0 saturated carbocycles. The summed E-state index contributed by atoms with van der Waals surface area (Å²) in [5, 5.41) is 7.32. The predicted molar refractivity (Wildman–Crippen MR) is 103 cm³/mol. The standard InChI is InChI=1S/C20H19ClN2O4/c1-25-17-8-3-13(11-18(17)26-2)9-10-22-20(24)19-16(12-27-23-19)14-4-6-15(21)7-5-14/h3-8,11-12H,9-10H2,1-2H3,(H,22,24). The fraction of sp³-hybridized carbons (Fsp3) is 0.200. The van der Waals surface area contributed by atoms with Gasteiger partial charge in [0.2, 0.25) is 0 Å². The summed E-state index contributed by atoms with van der Waals surface area (Å²) in [6.45, 7) is 0.446. The normalized spacial score (nSPS) is 10.5. The van der Waals surface area contributed by atoms with Crippen molar-refractivity contribution in [2.24, 2.45) is 0 Å². The predicted octanol–water partition coefficient (Wildman–Crippen LogP) is 3.98. The number of nitrogens with zero attached hydrogens (tertiary/aromatic N) is 1. The number of amides is 1. The van der Waals surface area contributed by atoms with Gasteiger partial charge in [-0.15, -0.1) is 0 Å². The second-order valence-electron chi connectivity index (χ2n) is 5.78. The van der Waals surface area contributed by atoms with Crippen LogP contribution in [-0.2, 0) is 6.42 Å². The third-order valence-corrected chi connectivity index (χ3v) is 4.34. The van der Waals surface area contributed by atoms with E-state index in [2.05, 4.69) is 10.5 Å². The van der Waals surface area contributed by atoms with Crippen molar-refractivity contribution in [2.45, 2.75) is 6.42 Å². The molecule has 27 heavy (non-hydrogen) atoms. The Balaban J connectivity index is 1.64. The molecule has 0 unspecified atom stereocenters. The Morgan fingerprint density at radius 3 is 2.56 bits per heavy atom. The number of halogens is 1. The number of hydrogen-bond donors (Lipinski definition) is 1. The topological polar surface area (TPSA) is 73.6 Å². The number of carbonyl (C=O) groups is 1. The van der Waals surface area contributed by atoms with Gasteiger partial charge in [-0.05, 0) is 41.8 Å². The summed E-state index contributed by atoms with van der Waals surface area (Å²) in [5.41, 5.74) is 2.69. The number of hydrogen-bond acceptors (Lipinski definition) is 5. The molecule has 0 radical (unpaired) electrons. The van der Waals surface area contributed by atoms with Crippen LogP contribution in [0.15, 0.2) is 53.3 Å². The van der Waals surface area contributed by atoms with E-state index < -0.39 is 0 Å². The Labute approximate surface area is 162 Å². The number of carbonyl (C=O) groups excluding carboxylic acids is 1. The molecular formula is C20H19ClN2O4. The molecule has 1 N–H and O–H groups in total. The molecule has 6 nitrogen and oxygen atoms in total. The molecule has 0 aliphatic heterocycles. The number of ether oxygens (including phenoxy) is 2. The van der Waals surface area contributed by atoms with E-state index >= 15 is 0 Å². The highest BCUT2D eigenvalue weighted by Gasteiger charge is 2.17. The van der Waals surface area contributed by atoms with E-state index in [0.29, 0.717) is 35.1 Å². The first-order chi connectivity index (χ1) is 13.1. The minimum absolute atomic E-state index is 0.240. The summed E-state index contributed by atoms with van der Waals surface area (Å²) < 4.78 is 15.5. The Bertz CT molecular complexity index is 922. The molecule has 1 aromatic heterocycles. The van der Waals surface area contributed by atoms with E-state index in [4.69, 9.17) is 25.6 Å². The van der Waals surface area contributed by atoms with Gasteiger partial charge >= 0.3 is 0 Å². The van der Waals surface area contributed by atoms with Crippen LogP contribution in [-0.4, -0.2) is 31.8 Å². The van der Waals surface area contributed by atoms with Gasteiger partial charge in [0.1, 0.15) is 6.26 Å². The third kappa shape index (κ3) is 4.41. The zero-order valence-electron chi connectivity index (χ0n) is 15.0. The van der Waals surface area contributed by atoms with E-state index in [-0.39, 0.29) is 11.6 Å². The van der Waals surface area contributed by atoms with Gasteiger partial charge in [-0.25, -0.2) is 0 Å². The first kappa shape index (κ1) is 18.8. The number of methoxy groups -OCH3 is 2. The van der Waals surface area contributed by atoms with Gasteiger partial charge in [-0.1, -0.05) is 35.0 Å². The first-order valence-electron chi connectivity index (χ1n) is 8.31. The largest absolute Gasteiger partial charge is 0.493 e. The van der Waals surface area contributed by atoms with Crippen molar-refractivity contribution in [3.8, 4) is 22.6 Å². The number of aromatic nitrogens is 1. The molecule has 3 rings (SSSR count). The Kier molecular flexibility index (Phi) is 5.98. The quantitative estimate of drug-likeness (QED) is 0.664. The average Bonchev–Trinajstić information content (AvgIpc) is 3.18. The third-order valence-electron chi connectivity index (χ3n) is 4.09. The SMILES string of the molecule is COc1ccc(CCNC(=O)c2nocc2-c2ccc(Cl)cc2)cc1OC. The Hall–Kier alpha value is -2.99. The number of benzene rings is 2. The van der Waals surface area contributed by atoms with Gasteiger partial charge in [0, 0.05) is 11.6 Å². The molecule has 1 heterocycles. The van der Waals surface area contributed by atoms with Crippen LogP contribution in [0.1, 0.15) is 16.1 Å². The van der Waals surface area contributed by atoms with Gasteiger partial charge < -0.3 is 19.3 Å². The molecule has 3 aromatic rings. The summed E-state index contributed by atoms with van der Waals surface area (Å²) in [6.07, 6.45) is 2.09.